The molecule has 2 atom stereocenters. The molecule has 0 saturated heterocycles. The Balaban J connectivity index is 2.25. The molecular formula is C13H12. The van der Waals surface area contributed by atoms with Gasteiger partial charge in [0, 0.05) is 11.8 Å². The van der Waals surface area contributed by atoms with Crippen LogP contribution < -0.4 is 0 Å². The van der Waals surface area contributed by atoms with Gasteiger partial charge >= 0.3 is 0 Å². The van der Waals surface area contributed by atoms with E-state index in [0.717, 1.165) is 0 Å². The molecule has 0 spiro atoms. The first-order valence-electron chi connectivity index (χ1n) is 4.82. The minimum atomic E-state index is 0.603. The fourth-order valence-corrected chi connectivity index (χ4v) is 2.56. The van der Waals surface area contributed by atoms with Gasteiger partial charge in [0.2, 0.25) is 0 Å². The molecule has 0 saturated carbocycles. The van der Waals surface area contributed by atoms with E-state index in [9.17, 15) is 0 Å². The highest BCUT2D eigenvalue weighted by molar-refractivity contribution is 5.50. The Kier molecular flexibility index (Phi) is 1.29. The molecule has 64 valence electrons. The van der Waals surface area contributed by atoms with Crippen LogP contribution in [0.4, 0.5) is 0 Å². The molecule has 0 fully saturated rings. The fourth-order valence-electron chi connectivity index (χ4n) is 2.56. The van der Waals surface area contributed by atoms with E-state index in [1.165, 1.54) is 23.1 Å². The van der Waals surface area contributed by atoms with Crippen molar-refractivity contribution in [3.8, 4) is 0 Å². The maximum absolute atomic E-state index is 4.11. The van der Waals surface area contributed by atoms with Crippen molar-refractivity contribution in [2.24, 2.45) is 0 Å². The number of rotatable bonds is 0. The summed E-state index contributed by atoms with van der Waals surface area (Å²) in [5, 5.41) is 0. The first kappa shape index (κ1) is 7.14. The molecule has 0 N–H and O–H groups in total. The zero-order valence-electron chi connectivity index (χ0n) is 7.53. The number of fused-ring (bicyclic) bond motifs is 5. The van der Waals surface area contributed by atoms with E-state index in [1.54, 1.807) is 0 Å². The Morgan fingerprint density at radius 3 is 2.77 bits per heavy atom. The molecule has 0 unspecified atom stereocenters. The van der Waals surface area contributed by atoms with Gasteiger partial charge in [0.1, 0.15) is 0 Å². The second-order valence-corrected chi connectivity index (χ2v) is 3.96. The molecule has 0 radical (unpaired) electrons. The van der Waals surface area contributed by atoms with E-state index < -0.39 is 0 Å². The van der Waals surface area contributed by atoms with Crippen LogP contribution in [0.2, 0.25) is 0 Å². The van der Waals surface area contributed by atoms with Crippen molar-refractivity contribution >= 4 is 0 Å². The van der Waals surface area contributed by atoms with E-state index in [2.05, 4.69) is 43.0 Å². The monoisotopic (exact) mass is 168 g/mol. The molecule has 2 aliphatic carbocycles. The Morgan fingerprint density at radius 1 is 1.15 bits per heavy atom. The summed E-state index contributed by atoms with van der Waals surface area (Å²) >= 11 is 0. The molecule has 0 heteroatoms. The maximum atomic E-state index is 4.11. The lowest BCUT2D eigenvalue weighted by molar-refractivity contribution is 0.710. The van der Waals surface area contributed by atoms with Crippen molar-refractivity contribution < 1.29 is 0 Å². The Hall–Kier alpha value is -1.30. The highest BCUT2D eigenvalue weighted by atomic mass is 14.4. The van der Waals surface area contributed by atoms with E-state index in [-0.39, 0.29) is 0 Å². The summed E-state index contributed by atoms with van der Waals surface area (Å²) in [6.45, 7) is 4.11. The van der Waals surface area contributed by atoms with Crippen molar-refractivity contribution in [3.63, 3.8) is 0 Å². The van der Waals surface area contributed by atoms with Crippen LogP contribution in [-0.4, -0.2) is 0 Å². The average molecular weight is 168 g/mol. The molecule has 0 nitrogen and oxygen atoms in total. The van der Waals surface area contributed by atoms with Crippen LogP contribution >= 0.6 is 0 Å². The third-order valence-corrected chi connectivity index (χ3v) is 3.25. The lowest BCUT2D eigenvalue weighted by Gasteiger charge is -2.15. The van der Waals surface area contributed by atoms with Gasteiger partial charge in [-0.25, -0.2) is 0 Å². The summed E-state index contributed by atoms with van der Waals surface area (Å²) in [5.41, 5.74) is 4.30. The van der Waals surface area contributed by atoms with Crippen LogP contribution in [0.25, 0.3) is 0 Å². The number of allylic oxidation sites excluding steroid dienone is 3. The fraction of sp³-hybridized carbons (Fsp3) is 0.231. The van der Waals surface area contributed by atoms with Crippen molar-refractivity contribution in [1.29, 1.82) is 0 Å². The summed E-state index contributed by atoms with van der Waals surface area (Å²) < 4.78 is 0. The van der Waals surface area contributed by atoms with E-state index >= 15 is 0 Å². The molecule has 3 rings (SSSR count). The van der Waals surface area contributed by atoms with Gasteiger partial charge in [-0.3, -0.25) is 0 Å². The van der Waals surface area contributed by atoms with Gasteiger partial charge < -0.3 is 0 Å². The topological polar surface area (TPSA) is 0 Å². The molecule has 0 aromatic heterocycles. The number of benzene rings is 1. The van der Waals surface area contributed by atoms with Crippen molar-refractivity contribution in [2.45, 2.75) is 18.3 Å². The molecule has 1 aromatic carbocycles. The first-order valence-corrected chi connectivity index (χ1v) is 4.82. The second-order valence-electron chi connectivity index (χ2n) is 3.96. The summed E-state index contributed by atoms with van der Waals surface area (Å²) in [6.07, 6.45) is 5.73. The molecule has 0 aliphatic heterocycles. The van der Waals surface area contributed by atoms with E-state index in [4.69, 9.17) is 0 Å². The minimum Gasteiger partial charge on any atom is -0.0952 e. The van der Waals surface area contributed by atoms with Gasteiger partial charge in [-0.05, 0) is 23.1 Å². The van der Waals surface area contributed by atoms with Crippen LogP contribution in [0.15, 0.2) is 48.6 Å². The van der Waals surface area contributed by atoms with Crippen LogP contribution in [-0.2, 0) is 0 Å². The second kappa shape index (κ2) is 2.35. The molecule has 0 amide bonds. The smallest absolute Gasteiger partial charge is 0.00951 e. The molecule has 13 heavy (non-hydrogen) atoms. The van der Waals surface area contributed by atoms with Crippen LogP contribution in [0.1, 0.15) is 29.4 Å². The van der Waals surface area contributed by atoms with Crippen molar-refractivity contribution in [2.75, 3.05) is 0 Å². The Bertz CT molecular complexity index is 398. The third kappa shape index (κ3) is 0.859. The molecule has 1 aromatic rings. The predicted octanol–water partition coefficient (Wildman–Crippen LogP) is 3.38. The average Bonchev–Trinajstić information content (AvgIpc) is 2.48. The van der Waals surface area contributed by atoms with Crippen molar-refractivity contribution in [3.05, 3.63) is 59.7 Å². The SMILES string of the molecule is C=C1C=C[C@H]2C[C@@H]1c1ccccc12. The minimum absolute atomic E-state index is 0.603. The third-order valence-electron chi connectivity index (χ3n) is 3.25. The van der Waals surface area contributed by atoms with Gasteiger partial charge in [0.05, 0.1) is 0 Å². The van der Waals surface area contributed by atoms with E-state index in [0.29, 0.717) is 11.8 Å². The Morgan fingerprint density at radius 2 is 1.92 bits per heavy atom. The van der Waals surface area contributed by atoms with Gasteiger partial charge in [-0.1, -0.05) is 43.0 Å². The summed E-state index contributed by atoms with van der Waals surface area (Å²) in [5.74, 6) is 1.26. The molecule has 2 aliphatic rings. The number of hydrogen-bond acceptors (Lipinski definition) is 0. The summed E-state index contributed by atoms with van der Waals surface area (Å²) in [4.78, 5) is 0. The molecular weight excluding hydrogens is 156 g/mol. The van der Waals surface area contributed by atoms with Crippen LogP contribution in [0.3, 0.4) is 0 Å². The lowest BCUT2D eigenvalue weighted by Crippen LogP contribution is -1.98. The Labute approximate surface area is 78.6 Å². The zero-order chi connectivity index (χ0) is 8.84. The predicted molar refractivity (Wildman–Crippen MR) is 54.8 cm³/mol. The lowest BCUT2D eigenvalue weighted by atomic mass is 9.89. The largest absolute Gasteiger partial charge is 0.0952 e. The standard InChI is InChI=1S/C13H12/c1-9-6-7-10-8-13(9)12-5-3-2-4-11(10)12/h2-7,10,13H,1,8H2/t10-,13-/m0/s1. The zero-order valence-corrected chi connectivity index (χ0v) is 7.53. The van der Waals surface area contributed by atoms with Gasteiger partial charge in [0.25, 0.3) is 0 Å². The van der Waals surface area contributed by atoms with Crippen LogP contribution in [0, 0.1) is 0 Å². The molecule has 0 heterocycles. The van der Waals surface area contributed by atoms with Gasteiger partial charge in [0.15, 0.2) is 0 Å². The number of hydrogen-bond donors (Lipinski definition) is 0. The quantitative estimate of drug-likeness (QED) is 0.557. The summed E-state index contributed by atoms with van der Waals surface area (Å²) in [7, 11) is 0. The highest BCUT2D eigenvalue weighted by Crippen LogP contribution is 2.48. The van der Waals surface area contributed by atoms with E-state index in [1.807, 2.05) is 0 Å². The normalized spacial score (nSPS) is 29.1. The maximum Gasteiger partial charge on any atom is 0.00951 e. The van der Waals surface area contributed by atoms with Gasteiger partial charge in [-0.15, -0.1) is 0 Å². The van der Waals surface area contributed by atoms with Crippen molar-refractivity contribution in [1.82, 2.24) is 0 Å². The summed E-state index contributed by atoms with van der Waals surface area (Å²) in [6, 6.07) is 8.77. The first-order chi connectivity index (χ1) is 6.36. The molecule has 2 bridgehead atoms. The van der Waals surface area contributed by atoms with Gasteiger partial charge in [-0.2, -0.15) is 0 Å². The van der Waals surface area contributed by atoms with Crippen LogP contribution in [0.5, 0.6) is 0 Å². The highest BCUT2D eigenvalue weighted by Gasteiger charge is 2.32.